The summed E-state index contributed by atoms with van der Waals surface area (Å²) < 4.78 is 1.61. The Hall–Kier alpha value is -1.36. The van der Waals surface area contributed by atoms with Gasteiger partial charge in [-0.05, 0) is 19.3 Å². The largest absolute Gasteiger partial charge is 0.478 e. The zero-order valence-corrected chi connectivity index (χ0v) is 10.9. The van der Waals surface area contributed by atoms with Crippen molar-refractivity contribution >= 4 is 5.97 Å². The van der Waals surface area contributed by atoms with Crippen molar-refractivity contribution in [3.05, 3.63) is 17.5 Å². The highest BCUT2D eigenvalue weighted by atomic mass is 16.4. The second-order valence-electron chi connectivity index (χ2n) is 4.85. The first-order valence-electron chi connectivity index (χ1n) is 5.89. The van der Waals surface area contributed by atoms with Crippen LogP contribution < -0.4 is 5.32 Å². The molecule has 0 bridgehead atoms. The van der Waals surface area contributed by atoms with Crippen molar-refractivity contribution in [2.24, 2.45) is 13.0 Å². The van der Waals surface area contributed by atoms with Gasteiger partial charge in [0.05, 0.1) is 11.9 Å². The average Bonchev–Trinajstić information content (AvgIpc) is 2.55. The van der Waals surface area contributed by atoms with Gasteiger partial charge in [0.1, 0.15) is 5.56 Å². The van der Waals surface area contributed by atoms with Gasteiger partial charge in [0, 0.05) is 19.6 Å². The Balaban J connectivity index is 2.62. The summed E-state index contributed by atoms with van der Waals surface area (Å²) in [5.74, 6) is -0.297. The van der Waals surface area contributed by atoms with E-state index in [0.29, 0.717) is 24.2 Å². The molecule has 0 saturated heterocycles. The molecule has 0 aliphatic rings. The average molecular weight is 239 g/mol. The lowest BCUT2D eigenvalue weighted by Gasteiger charge is -2.16. The monoisotopic (exact) mass is 239 g/mol. The lowest BCUT2D eigenvalue weighted by molar-refractivity contribution is 0.0695. The number of carboxylic acid groups (broad SMARTS) is 1. The molecule has 2 N–H and O–H groups in total. The van der Waals surface area contributed by atoms with Crippen molar-refractivity contribution in [3.8, 4) is 0 Å². The number of aromatic nitrogens is 2. The third-order valence-corrected chi connectivity index (χ3v) is 2.73. The van der Waals surface area contributed by atoms with Gasteiger partial charge in [-0.3, -0.25) is 4.68 Å². The minimum absolute atomic E-state index is 0.275. The molecule has 1 aromatic heterocycles. The first-order chi connectivity index (χ1) is 7.91. The molecule has 17 heavy (non-hydrogen) atoms. The van der Waals surface area contributed by atoms with Crippen molar-refractivity contribution in [2.75, 3.05) is 0 Å². The SMILES string of the molecule is CC(C)CC(C)NCc1c(C(=O)O)cnn1C. The predicted molar refractivity (Wildman–Crippen MR) is 65.9 cm³/mol. The van der Waals surface area contributed by atoms with E-state index in [2.05, 4.69) is 31.2 Å². The molecule has 0 spiro atoms. The van der Waals surface area contributed by atoms with E-state index < -0.39 is 5.97 Å². The van der Waals surface area contributed by atoms with Crippen molar-refractivity contribution in [1.82, 2.24) is 15.1 Å². The fraction of sp³-hybridized carbons (Fsp3) is 0.667. The van der Waals surface area contributed by atoms with Gasteiger partial charge in [-0.25, -0.2) is 4.79 Å². The van der Waals surface area contributed by atoms with Crippen LogP contribution >= 0.6 is 0 Å². The van der Waals surface area contributed by atoms with Crippen LogP contribution in [-0.2, 0) is 13.6 Å². The maximum atomic E-state index is 11.0. The highest BCUT2D eigenvalue weighted by molar-refractivity contribution is 5.88. The molecular formula is C12H21N3O2. The fourth-order valence-electron chi connectivity index (χ4n) is 1.91. The molecule has 1 atom stereocenters. The molecule has 0 aliphatic carbocycles. The molecule has 0 aromatic carbocycles. The van der Waals surface area contributed by atoms with Crippen LogP contribution in [0.1, 0.15) is 43.2 Å². The number of aromatic carboxylic acids is 1. The van der Waals surface area contributed by atoms with Crippen LogP contribution in [0.25, 0.3) is 0 Å². The van der Waals surface area contributed by atoms with E-state index in [1.54, 1.807) is 11.7 Å². The topological polar surface area (TPSA) is 67.2 Å². The summed E-state index contributed by atoms with van der Waals surface area (Å²) in [4.78, 5) is 11.0. The summed E-state index contributed by atoms with van der Waals surface area (Å²) in [6.45, 7) is 6.98. The summed E-state index contributed by atoms with van der Waals surface area (Å²) in [6.07, 6.45) is 2.46. The lowest BCUT2D eigenvalue weighted by Crippen LogP contribution is -2.28. The van der Waals surface area contributed by atoms with Gasteiger partial charge in [0.2, 0.25) is 0 Å². The van der Waals surface area contributed by atoms with Gasteiger partial charge in [0.25, 0.3) is 0 Å². The van der Waals surface area contributed by atoms with Gasteiger partial charge in [-0.15, -0.1) is 0 Å². The van der Waals surface area contributed by atoms with Gasteiger partial charge < -0.3 is 10.4 Å². The van der Waals surface area contributed by atoms with E-state index in [0.717, 1.165) is 6.42 Å². The van der Waals surface area contributed by atoms with Crippen LogP contribution in [0.4, 0.5) is 0 Å². The smallest absolute Gasteiger partial charge is 0.339 e. The molecule has 0 amide bonds. The Morgan fingerprint density at radius 2 is 2.18 bits per heavy atom. The van der Waals surface area contributed by atoms with Gasteiger partial charge in [-0.1, -0.05) is 13.8 Å². The van der Waals surface area contributed by atoms with Crippen LogP contribution in [0.5, 0.6) is 0 Å². The van der Waals surface area contributed by atoms with E-state index in [4.69, 9.17) is 5.11 Å². The van der Waals surface area contributed by atoms with E-state index >= 15 is 0 Å². The highest BCUT2D eigenvalue weighted by Crippen LogP contribution is 2.09. The van der Waals surface area contributed by atoms with E-state index in [9.17, 15) is 4.79 Å². The Bertz CT molecular complexity index is 385. The van der Waals surface area contributed by atoms with E-state index in [1.165, 1.54) is 6.20 Å². The van der Waals surface area contributed by atoms with Crippen molar-refractivity contribution < 1.29 is 9.90 Å². The van der Waals surface area contributed by atoms with Crippen molar-refractivity contribution in [2.45, 2.75) is 39.8 Å². The number of nitrogens with one attached hydrogen (secondary N) is 1. The van der Waals surface area contributed by atoms with Crippen LogP contribution in [0.3, 0.4) is 0 Å². The van der Waals surface area contributed by atoms with Crippen molar-refractivity contribution in [1.29, 1.82) is 0 Å². The van der Waals surface area contributed by atoms with Gasteiger partial charge >= 0.3 is 5.97 Å². The molecule has 1 aromatic rings. The Labute approximate surface area is 102 Å². The summed E-state index contributed by atoms with van der Waals surface area (Å²) >= 11 is 0. The van der Waals surface area contributed by atoms with E-state index in [1.807, 2.05) is 0 Å². The zero-order valence-electron chi connectivity index (χ0n) is 10.9. The summed E-state index contributed by atoms with van der Waals surface area (Å²) in [7, 11) is 1.76. The summed E-state index contributed by atoms with van der Waals surface area (Å²) in [5.41, 5.74) is 0.991. The third kappa shape index (κ3) is 3.85. The lowest BCUT2D eigenvalue weighted by atomic mass is 10.1. The minimum Gasteiger partial charge on any atom is -0.478 e. The second kappa shape index (κ2) is 5.82. The molecule has 0 radical (unpaired) electrons. The maximum absolute atomic E-state index is 11.0. The number of rotatable bonds is 6. The molecule has 1 unspecified atom stereocenters. The quantitative estimate of drug-likeness (QED) is 0.792. The molecular weight excluding hydrogens is 218 g/mol. The number of hydrogen-bond acceptors (Lipinski definition) is 3. The van der Waals surface area contributed by atoms with Crippen LogP contribution in [0.2, 0.25) is 0 Å². The number of nitrogens with zero attached hydrogens (tertiary/aromatic N) is 2. The van der Waals surface area contributed by atoms with Crippen LogP contribution in [-0.4, -0.2) is 26.9 Å². The molecule has 0 aliphatic heterocycles. The molecule has 96 valence electrons. The molecule has 5 nitrogen and oxygen atoms in total. The highest BCUT2D eigenvalue weighted by Gasteiger charge is 2.15. The Kier molecular flexibility index (Phi) is 4.69. The van der Waals surface area contributed by atoms with E-state index in [-0.39, 0.29) is 5.56 Å². The fourth-order valence-corrected chi connectivity index (χ4v) is 1.91. The Morgan fingerprint density at radius 1 is 1.53 bits per heavy atom. The van der Waals surface area contributed by atoms with Gasteiger partial charge in [-0.2, -0.15) is 5.10 Å². The van der Waals surface area contributed by atoms with Crippen molar-refractivity contribution in [3.63, 3.8) is 0 Å². The second-order valence-corrected chi connectivity index (χ2v) is 4.85. The number of carbonyl (C=O) groups is 1. The number of hydrogen-bond donors (Lipinski definition) is 2. The number of carboxylic acids is 1. The molecule has 5 heteroatoms. The normalized spacial score (nSPS) is 13.0. The minimum atomic E-state index is -0.925. The van der Waals surface area contributed by atoms with Crippen LogP contribution in [0.15, 0.2) is 6.20 Å². The zero-order chi connectivity index (χ0) is 13.0. The predicted octanol–water partition coefficient (Wildman–Crippen LogP) is 1.64. The Morgan fingerprint density at radius 3 is 2.71 bits per heavy atom. The molecule has 1 heterocycles. The molecule has 0 saturated carbocycles. The number of aryl methyl sites for hydroxylation is 1. The first-order valence-corrected chi connectivity index (χ1v) is 5.89. The first kappa shape index (κ1) is 13.7. The standard InChI is InChI=1S/C12H21N3O2/c1-8(2)5-9(3)13-7-11-10(12(16)17)6-14-15(11)4/h6,8-9,13H,5,7H2,1-4H3,(H,16,17). The van der Waals surface area contributed by atoms with Crippen LogP contribution in [0, 0.1) is 5.92 Å². The molecule has 1 rings (SSSR count). The van der Waals surface area contributed by atoms with Gasteiger partial charge in [0.15, 0.2) is 0 Å². The maximum Gasteiger partial charge on any atom is 0.339 e. The summed E-state index contributed by atoms with van der Waals surface area (Å²) in [6, 6.07) is 0.367. The summed E-state index contributed by atoms with van der Waals surface area (Å²) in [5, 5.41) is 16.3. The molecule has 0 fully saturated rings. The third-order valence-electron chi connectivity index (χ3n) is 2.73.